The molecule has 2 aromatic carbocycles. The Balaban J connectivity index is 2.60. The first-order valence-electron chi connectivity index (χ1n) is 5.91. The number of benzene rings is 2. The SMILES string of the molecule is Cc1cc(F)c(C(O)c2c(F)ccc(C)c2F)cc1F. The lowest BCUT2D eigenvalue weighted by Crippen LogP contribution is -2.10. The second-order valence-corrected chi connectivity index (χ2v) is 4.62. The molecule has 0 saturated carbocycles. The summed E-state index contributed by atoms with van der Waals surface area (Å²) in [5, 5.41) is 9.99. The molecule has 1 N–H and O–H groups in total. The highest BCUT2D eigenvalue weighted by Crippen LogP contribution is 2.30. The average molecular weight is 284 g/mol. The first-order chi connectivity index (χ1) is 9.32. The molecule has 5 heteroatoms. The van der Waals surface area contributed by atoms with Crippen molar-refractivity contribution in [3.63, 3.8) is 0 Å². The lowest BCUT2D eigenvalue weighted by molar-refractivity contribution is 0.203. The van der Waals surface area contributed by atoms with Gasteiger partial charge in [-0.25, -0.2) is 17.6 Å². The van der Waals surface area contributed by atoms with Crippen LogP contribution in [0.4, 0.5) is 17.6 Å². The molecule has 2 rings (SSSR count). The number of aryl methyl sites for hydroxylation is 2. The predicted molar refractivity (Wildman–Crippen MR) is 66.3 cm³/mol. The van der Waals surface area contributed by atoms with Crippen LogP contribution in [0.5, 0.6) is 0 Å². The fourth-order valence-electron chi connectivity index (χ4n) is 1.96. The van der Waals surface area contributed by atoms with E-state index >= 15 is 0 Å². The van der Waals surface area contributed by atoms with Gasteiger partial charge in [0.1, 0.15) is 29.4 Å². The van der Waals surface area contributed by atoms with Crippen LogP contribution in [-0.4, -0.2) is 5.11 Å². The lowest BCUT2D eigenvalue weighted by Gasteiger charge is -2.16. The number of rotatable bonds is 2. The molecular weight excluding hydrogens is 272 g/mol. The first-order valence-corrected chi connectivity index (χ1v) is 5.91. The van der Waals surface area contributed by atoms with Crippen molar-refractivity contribution in [3.8, 4) is 0 Å². The quantitative estimate of drug-likeness (QED) is 0.828. The number of halogens is 4. The molecule has 0 bridgehead atoms. The monoisotopic (exact) mass is 284 g/mol. The van der Waals surface area contributed by atoms with E-state index in [0.717, 1.165) is 18.2 Å². The molecule has 1 nitrogen and oxygen atoms in total. The Morgan fingerprint density at radius 1 is 0.850 bits per heavy atom. The molecule has 0 heterocycles. The van der Waals surface area contributed by atoms with Crippen molar-refractivity contribution in [1.29, 1.82) is 0 Å². The maximum atomic E-state index is 13.9. The van der Waals surface area contributed by atoms with Crippen molar-refractivity contribution in [2.24, 2.45) is 0 Å². The van der Waals surface area contributed by atoms with Crippen LogP contribution >= 0.6 is 0 Å². The van der Waals surface area contributed by atoms with Gasteiger partial charge in [-0.05, 0) is 43.2 Å². The molecule has 0 spiro atoms. The standard InChI is InChI=1S/C15H12F4O/c1-7-3-4-10(16)13(14(7)19)15(20)9-6-11(17)8(2)5-12(9)18/h3-6,15,20H,1-2H3. The fourth-order valence-corrected chi connectivity index (χ4v) is 1.96. The van der Waals surface area contributed by atoms with Crippen LogP contribution in [0.2, 0.25) is 0 Å². The van der Waals surface area contributed by atoms with E-state index in [0.29, 0.717) is 0 Å². The maximum Gasteiger partial charge on any atom is 0.135 e. The molecule has 0 aromatic heterocycles. The number of hydrogen-bond donors (Lipinski definition) is 1. The van der Waals surface area contributed by atoms with E-state index in [-0.39, 0.29) is 11.1 Å². The van der Waals surface area contributed by atoms with Crippen LogP contribution in [0.3, 0.4) is 0 Å². The van der Waals surface area contributed by atoms with Gasteiger partial charge in [0.15, 0.2) is 0 Å². The maximum absolute atomic E-state index is 13.9. The van der Waals surface area contributed by atoms with Crippen molar-refractivity contribution in [2.75, 3.05) is 0 Å². The van der Waals surface area contributed by atoms with E-state index in [4.69, 9.17) is 0 Å². The first kappa shape index (κ1) is 14.5. The fraction of sp³-hybridized carbons (Fsp3) is 0.200. The highest BCUT2D eigenvalue weighted by atomic mass is 19.1. The minimum Gasteiger partial charge on any atom is -0.383 e. The van der Waals surface area contributed by atoms with Crippen LogP contribution < -0.4 is 0 Å². The second kappa shape index (κ2) is 5.25. The highest BCUT2D eigenvalue weighted by Gasteiger charge is 2.24. The summed E-state index contributed by atoms with van der Waals surface area (Å²) in [7, 11) is 0. The zero-order valence-corrected chi connectivity index (χ0v) is 10.8. The Morgan fingerprint density at radius 2 is 1.50 bits per heavy atom. The van der Waals surface area contributed by atoms with Gasteiger partial charge in [0.25, 0.3) is 0 Å². The Bertz CT molecular complexity index is 667. The van der Waals surface area contributed by atoms with Gasteiger partial charge in [0.05, 0.1) is 5.56 Å². The van der Waals surface area contributed by atoms with E-state index in [2.05, 4.69) is 0 Å². The predicted octanol–water partition coefficient (Wildman–Crippen LogP) is 3.94. The third kappa shape index (κ3) is 2.41. The van der Waals surface area contributed by atoms with Crippen LogP contribution in [0, 0.1) is 37.1 Å². The molecule has 2 aromatic rings. The van der Waals surface area contributed by atoms with Crippen molar-refractivity contribution < 1.29 is 22.7 Å². The largest absolute Gasteiger partial charge is 0.383 e. The van der Waals surface area contributed by atoms with Gasteiger partial charge < -0.3 is 5.11 Å². The summed E-state index contributed by atoms with van der Waals surface area (Å²) in [4.78, 5) is 0. The van der Waals surface area contributed by atoms with Gasteiger partial charge in [-0.1, -0.05) is 6.07 Å². The molecule has 106 valence electrons. The molecule has 0 aliphatic heterocycles. The Kier molecular flexibility index (Phi) is 3.81. The minimum absolute atomic E-state index is 0.0450. The summed E-state index contributed by atoms with van der Waals surface area (Å²) in [6.07, 6.45) is -1.91. The summed E-state index contributed by atoms with van der Waals surface area (Å²) in [6, 6.07) is 3.79. The zero-order valence-electron chi connectivity index (χ0n) is 10.8. The minimum atomic E-state index is -1.91. The van der Waals surface area contributed by atoms with Crippen LogP contribution in [0.1, 0.15) is 28.4 Å². The molecule has 0 aliphatic carbocycles. The Morgan fingerprint density at radius 3 is 2.15 bits per heavy atom. The van der Waals surface area contributed by atoms with Crippen molar-refractivity contribution in [2.45, 2.75) is 20.0 Å². The van der Waals surface area contributed by atoms with Crippen molar-refractivity contribution in [3.05, 3.63) is 69.8 Å². The van der Waals surface area contributed by atoms with Gasteiger partial charge in [-0.3, -0.25) is 0 Å². The summed E-state index contributed by atoms with van der Waals surface area (Å²) in [5.41, 5.74) is -1.04. The van der Waals surface area contributed by atoms with E-state index < -0.39 is 40.5 Å². The van der Waals surface area contributed by atoms with E-state index in [1.807, 2.05) is 0 Å². The average Bonchev–Trinajstić information content (AvgIpc) is 2.38. The Labute approximate surface area is 113 Å². The van der Waals surface area contributed by atoms with Gasteiger partial charge in [-0.2, -0.15) is 0 Å². The normalized spacial score (nSPS) is 12.6. The highest BCUT2D eigenvalue weighted by molar-refractivity contribution is 5.37. The van der Waals surface area contributed by atoms with Crippen molar-refractivity contribution >= 4 is 0 Å². The van der Waals surface area contributed by atoms with Crippen LogP contribution in [0.15, 0.2) is 24.3 Å². The van der Waals surface area contributed by atoms with Gasteiger partial charge in [-0.15, -0.1) is 0 Å². The molecule has 1 unspecified atom stereocenters. The smallest absolute Gasteiger partial charge is 0.135 e. The summed E-state index contributed by atoms with van der Waals surface area (Å²) >= 11 is 0. The third-order valence-electron chi connectivity index (χ3n) is 3.17. The summed E-state index contributed by atoms with van der Waals surface area (Å²) < 4.78 is 54.8. The molecule has 0 aliphatic rings. The molecular formula is C15H12F4O. The van der Waals surface area contributed by atoms with Crippen LogP contribution in [-0.2, 0) is 0 Å². The van der Waals surface area contributed by atoms with E-state index in [1.165, 1.54) is 19.9 Å². The van der Waals surface area contributed by atoms with E-state index in [9.17, 15) is 22.7 Å². The summed E-state index contributed by atoms with van der Waals surface area (Å²) in [6.45, 7) is 2.74. The Hall–Kier alpha value is -1.88. The molecule has 1 atom stereocenters. The molecule has 20 heavy (non-hydrogen) atoms. The van der Waals surface area contributed by atoms with Crippen LogP contribution in [0.25, 0.3) is 0 Å². The number of hydrogen-bond acceptors (Lipinski definition) is 1. The van der Waals surface area contributed by atoms with Crippen molar-refractivity contribution in [1.82, 2.24) is 0 Å². The molecule has 0 fully saturated rings. The molecule has 0 radical (unpaired) electrons. The topological polar surface area (TPSA) is 20.2 Å². The zero-order chi connectivity index (χ0) is 15.0. The molecule has 0 saturated heterocycles. The lowest BCUT2D eigenvalue weighted by atomic mass is 9.97. The summed E-state index contributed by atoms with van der Waals surface area (Å²) in [5.74, 6) is -3.66. The number of aliphatic hydroxyl groups excluding tert-OH is 1. The van der Waals surface area contributed by atoms with E-state index in [1.54, 1.807) is 0 Å². The second-order valence-electron chi connectivity index (χ2n) is 4.62. The number of aliphatic hydroxyl groups is 1. The third-order valence-corrected chi connectivity index (χ3v) is 3.17. The van der Waals surface area contributed by atoms with Gasteiger partial charge >= 0.3 is 0 Å². The van der Waals surface area contributed by atoms with Gasteiger partial charge in [0, 0.05) is 5.56 Å². The van der Waals surface area contributed by atoms with Gasteiger partial charge in [0.2, 0.25) is 0 Å². The molecule has 0 amide bonds.